The number of piperazine rings is 1. The third-order valence-electron chi connectivity index (χ3n) is 4.52. The average Bonchev–Trinajstić information content (AvgIpc) is 2.65. The average molecular weight is 389 g/mol. The Morgan fingerprint density at radius 3 is 2.21 bits per heavy atom. The van der Waals surface area contributed by atoms with Crippen LogP contribution in [0.4, 0.5) is 10.5 Å². The molecule has 3 amide bonds. The van der Waals surface area contributed by atoms with E-state index in [0.717, 1.165) is 17.7 Å². The topological polar surface area (TPSA) is 79.0 Å². The molecule has 0 unspecified atom stereocenters. The normalized spacial score (nSPS) is 14.6. The molecule has 0 saturated carbocycles. The Hall–Kier alpha value is -2.57. The summed E-state index contributed by atoms with van der Waals surface area (Å²) in [4.78, 5) is 40.0. The van der Waals surface area contributed by atoms with E-state index in [4.69, 9.17) is 4.74 Å². The van der Waals surface area contributed by atoms with Crippen molar-refractivity contribution in [1.29, 1.82) is 0 Å². The highest BCUT2D eigenvalue weighted by molar-refractivity contribution is 5.93. The number of nitrogens with one attached hydrogen (secondary N) is 1. The van der Waals surface area contributed by atoms with Gasteiger partial charge in [-0.1, -0.05) is 25.1 Å². The van der Waals surface area contributed by atoms with Crippen molar-refractivity contribution in [3.8, 4) is 0 Å². The van der Waals surface area contributed by atoms with E-state index >= 15 is 0 Å². The molecular weight excluding hydrogens is 358 g/mol. The van der Waals surface area contributed by atoms with Gasteiger partial charge < -0.3 is 19.9 Å². The minimum absolute atomic E-state index is 0.0669. The van der Waals surface area contributed by atoms with Gasteiger partial charge in [-0.05, 0) is 38.8 Å². The zero-order chi connectivity index (χ0) is 20.7. The maximum absolute atomic E-state index is 12.4. The monoisotopic (exact) mass is 389 g/mol. The van der Waals surface area contributed by atoms with Crippen molar-refractivity contribution in [3.05, 3.63) is 29.8 Å². The Labute approximate surface area is 167 Å². The number of anilines is 1. The first-order chi connectivity index (χ1) is 13.2. The molecule has 0 bridgehead atoms. The van der Waals surface area contributed by atoms with Gasteiger partial charge >= 0.3 is 6.09 Å². The minimum Gasteiger partial charge on any atom is -0.444 e. The summed E-state index contributed by atoms with van der Waals surface area (Å²) < 4.78 is 5.36. The number of hydrogen-bond acceptors (Lipinski definition) is 4. The largest absolute Gasteiger partial charge is 0.444 e. The van der Waals surface area contributed by atoms with Gasteiger partial charge in [-0.3, -0.25) is 9.59 Å². The molecule has 0 atom stereocenters. The second-order valence-corrected chi connectivity index (χ2v) is 7.91. The number of carbonyl (C=O) groups is 3. The zero-order valence-electron chi connectivity index (χ0n) is 17.3. The molecule has 154 valence electrons. The van der Waals surface area contributed by atoms with Crippen molar-refractivity contribution in [2.24, 2.45) is 0 Å². The molecule has 1 aromatic rings. The molecule has 7 heteroatoms. The molecule has 2 rings (SSSR count). The number of nitrogens with zero attached hydrogens (tertiary/aromatic N) is 2. The van der Waals surface area contributed by atoms with Gasteiger partial charge in [-0.15, -0.1) is 0 Å². The number of rotatable bonds is 5. The summed E-state index contributed by atoms with van der Waals surface area (Å²) in [7, 11) is 0. The van der Waals surface area contributed by atoms with Crippen molar-refractivity contribution >= 4 is 23.6 Å². The number of para-hydroxylation sites is 1. The van der Waals surface area contributed by atoms with E-state index in [1.165, 1.54) is 0 Å². The third-order valence-corrected chi connectivity index (χ3v) is 4.52. The van der Waals surface area contributed by atoms with E-state index < -0.39 is 5.60 Å². The molecule has 0 aliphatic carbocycles. The number of carbonyl (C=O) groups excluding carboxylic acids is 3. The van der Waals surface area contributed by atoms with Gasteiger partial charge in [-0.25, -0.2) is 4.79 Å². The Morgan fingerprint density at radius 1 is 1.00 bits per heavy atom. The van der Waals surface area contributed by atoms with Gasteiger partial charge in [0.15, 0.2) is 0 Å². The van der Waals surface area contributed by atoms with Crippen LogP contribution < -0.4 is 5.32 Å². The summed E-state index contributed by atoms with van der Waals surface area (Å²) in [5.74, 6) is -0.232. The molecule has 0 aromatic heterocycles. The fourth-order valence-electron chi connectivity index (χ4n) is 3.01. The van der Waals surface area contributed by atoms with Crippen molar-refractivity contribution in [3.63, 3.8) is 0 Å². The van der Waals surface area contributed by atoms with Gasteiger partial charge in [-0.2, -0.15) is 0 Å². The lowest BCUT2D eigenvalue weighted by atomic mass is 10.1. The van der Waals surface area contributed by atoms with Crippen LogP contribution in [0, 0.1) is 0 Å². The van der Waals surface area contributed by atoms with Gasteiger partial charge in [0.25, 0.3) is 0 Å². The molecule has 1 aliphatic heterocycles. The third kappa shape index (κ3) is 6.55. The van der Waals surface area contributed by atoms with Crippen LogP contribution in [0.25, 0.3) is 0 Å². The fourth-order valence-corrected chi connectivity index (χ4v) is 3.01. The van der Waals surface area contributed by atoms with Crippen molar-refractivity contribution < 1.29 is 19.1 Å². The lowest BCUT2D eigenvalue weighted by molar-refractivity contribution is -0.134. The van der Waals surface area contributed by atoms with Gasteiger partial charge in [0, 0.05) is 44.7 Å². The highest BCUT2D eigenvalue weighted by Crippen LogP contribution is 2.16. The molecule has 1 heterocycles. The summed E-state index contributed by atoms with van der Waals surface area (Å²) in [6, 6.07) is 7.67. The van der Waals surface area contributed by atoms with E-state index in [-0.39, 0.29) is 30.7 Å². The minimum atomic E-state index is -0.534. The summed E-state index contributed by atoms with van der Waals surface area (Å²) >= 11 is 0. The second kappa shape index (κ2) is 9.57. The molecule has 1 saturated heterocycles. The lowest BCUT2D eigenvalue weighted by Crippen LogP contribution is -2.51. The molecule has 1 N–H and O–H groups in total. The Morgan fingerprint density at radius 2 is 1.61 bits per heavy atom. The number of hydrogen-bond donors (Lipinski definition) is 1. The maximum atomic E-state index is 12.4. The lowest BCUT2D eigenvalue weighted by Gasteiger charge is -2.35. The summed E-state index contributed by atoms with van der Waals surface area (Å²) in [5, 5.41) is 2.88. The smallest absolute Gasteiger partial charge is 0.410 e. The SMILES string of the molecule is CCc1ccccc1NC(=O)CCC(=O)N1CCN(C(=O)OC(C)(C)C)CC1. The predicted molar refractivity (Wildman–Crippen MR) is 108 cm³/mol. The molecule has 1 aromatic carbocycles. The van der Waals surface area contributed by atoms with E-state index in [1.54, 1.807) is 9.80 Å². The van der Waals surface area contributed by atoms with Crippen molar-refractivity contribution in [1.82, 2.24) is 9.80 Å². The summed E-state index contributed by atoms with van der Waals surface area (Å²) in [6.07, 6.45) is 0.779. The zero-order valence-corrected chi connectivity index (χ0v) is 17.3. The van der Waals surface area contributed by atoms with Crippen LogP contribution in [0.15, 0.2) is 24.3 Å². The first-order valence-corrected chi connectivity index (χ1v) is 9.83. The number of amides is 3. The first-order valence-electron chi connectivity index (χ1n) is 9.83. The summed E-state index contributed by atoms with van der Waals surface area (Å²) in [5.41, 5.74) is 1.34. The van der Waals surface area contributed by atoms with Crippen LogP contribution in [0.1, 0.15) is 46.1 Å². The van der Waals surface area contributed by atoms with Gasteiger partial charge in [0.1, 0.15) is 5.60 Å². The molecule has 0 radical (unpaired) electrons. The van der Waals surface area contributed by atoms with Crippen LogP contribution in [-0.4, -0.2) is 59.5 Å². The second-order valence-electron chi connectivity index (χ2n) is 7.91. The Kier molecular flexibility index (Phi) is 7.43. The van der Waals surface area contributed by atoms with Crippen LogP contribution in [0.3, 0.4) is 0 Å². The van der Waals surface area contributed by atoms with E-state index in [1.807, 2.05) is 52.0 Å². The van der Waals surface area contributed by atoms with Crippen LogP contribution >= 0.6 is 0 Å². The number of benzene rings is 1. The Balaban J connectivity index is 1.75. The number of aryl methyl sites for hydroxylation is 1. The van der Waals surface area contributed by atoms with E-state index in [9.17, 15) is 14.4 Å². The quantitative estimate of drug-likeness (QED) is 0.839. The van der Waals surface area contributed by atoms with Crippen molar-refractivity contribution in [2.45, 2.75) is 52.6 Å². The van der Waals surface area contributed by atoms with Gasteiger partial charge in [0.05, 0.1) is 0 Å². The molecule has 1 aliphatic rings. The van der Waals surface area contributed by atoms with Crippen LogP contribution in [0.5, 0.6) is 0 Å². The van der Waals surface area contributed by atoms with E-state index in [0.29, 0.717) is 26.2 Å². The highest BCUT2D eigenvalue weighted by Gasteiger charge is 2.27. The molecule has 28 heavy (non-hydrogen) atoms. The van der Waals surface area contributed by atoms with Crippen LogP contribution in [0.2, 0.25) is 0 Å². The van der Waals surface area contributed by atoms with Crippen molar-refractivity contribution in [2.75, 3.05) is 31.5 Å². The molecule has 0 spiro atoms. The van der Waals surface area contributed by atoms with E-state index in [2.05, 4.69) is 5.32 Å². The number of ether oxygens (including phenoxy) is 1. The molecule has 7 nitrogen and oxygen atoms in total. The Bertz CT molecular complexity index is 704. The van der Waals surface area contributed by atoms with Crippen LogP contribution in [-0.2, 0) is 20.7 Å². The molecular formula is C21H31N3O4. The fraction of sp³-hybridized carbons (Fsp3) is 0.571. The molecule has 1 fully saturated rings. The first kappa shape index (κ1) is 21.7. The summed E-state index contributed by atoms with van der Waals surface area (Å²) in [6.45, 7) is 9.31. The van der Waals surface area contributed by atoms with Gasteiger partial charge in [0.2, 0.25) is 11.8 Å². The predicted octanol–water partition coefficient (Wildman–Crippen LogP) is 3.05. The standard InChI is InChI=1S/C21H31N3O4/c1-5-16-8-6-7-9-17(16)22-18(25)10-11-19(26)23-12-14-24(15-13-23)20(27)28-21(2,3)4/h6-9H,5,10-15H2,1-4H3,(H,22,25). The highest BCUT2D eigenvalue weighted by atomic mass is 16.6. The maximum Gasteiger partial charge on any atom is 0.410 e.